The van der Waals surface area contributed by atoms with Gasteiger partial charge in [-0.05, 0) is 5.92 Å². The number of hydrogen-bond acceptors (Lipinski definition) is 1. The van der Waals surface area contributed by atoms with Crippen molar-refractivity contribution in [3.63, 3.8) is 0 Å². The Morgan fingerprint density at radius 2 is 1.71 bits per heavy atom. The molecule has 0 saturated carbocycles. The molecule has 17 heavy (non-hydrogen) atoms. The van der Waals surface area contributed by atoms with Gasteiger partial charge in [-0.2, -0.15) is 0 Å². The Bertz CT molecular complexity index is 242. The number of Topliss-reactive ketones (excluding diaryl/α,β-unsaturated/α-hetero) is 1. The van der Waals surface area contributed by atoms with Crippen LogP contribution in [-0.4, -0.2) is 13.9 Å². The topological polar surface area (TPSA) is 17.1 Å². The van der Waals surface area contributed by atoms with E-state index in [4.69, 9.17) is 0 Å². The van der Waals surface area contributed by atoms with Crippen LogP contribution < -0.4 is 0 Å². The zero-order valence-corrected chi connectivity index (χ0v) is 12.5. The highest BCUT2D eigenvalue weighted by Crippen LogP contribution is 2.43. The zero-order chi connectivity index (χ0) is 12.1. The molecule has 0 radical (unpaired) electrons. The lowest BCUT2D eigenvalue weighted by Crippen LogP contribution is -2.41. The van der Waals surface area contributed by atoms with Crippen LogP contribution >= 0.6 is 0 Å². The quantitative estimate of drug-likeness (QED) is 0.519. The molecule has 2 aliphatic heterocycles. The van der Waals surface area contributed by atoms with Gasteiger partial charge in [-0.25, -0.2) is 0 Å². The molecule has 0 atom stereocenters. The molecule has 0 N–H and O–H groups in total. The van der Waals surface area contributed by atoms with Gasteiger partial charge in [0.1, 0.15) is 5.78 Å². The number of carbonyl (C=O) groups is 1. The molecule has 0 aliphatic carbocycles. The second-order valence-corrected chi connectivity index (χ2v) is 11.5. The summed E-state index contributed by atoms with van der Waals surface area (Å²) in [4.78, 5) is 11.4. The first-order chi connectivity index (χ1) is 8.24. The van der Waals surface area contributed by atoms with Gasteiger partial charge in [-0.1, -0.05) is 69.6 Å². The van der Waals surface area contributed by atoms with Gasteiger partial charge < -0.3 is 0 Å². The Hall–Kier alpha value is -0.113. The lowest BCUT2D eigenvalue weighted by Gasteiger charge is -2.41. The van der Waals surface area contributed by atoms with Crippen LogP contribution in [0.1, 0.15) is 58.3 Å². The van der Waals surface area contributed by atoms with E-state index in [-0.39, 0.29) is 0 Å². The van der Waals surface area contributed by atoms with Gasteiger partial charge in [0.25, 0.3) is 0 Å². The fourth-order valence-corrected chi connectivity index (χ4v) is 8.98. The standard InChI is InChI=1S/C15H28OSi/c1-2-3-4-5-14-6-10-17(11-7-14)12-8-15(16)9-13-17/h14H,2-13H2,1H3. The van der Waals surface area contributed by atoms with Crippen LogP contribution in [0.2, 0.25) is 24.2 Å². The van der Waals surface area contributed by atoms with Gasteiger partial charge in [-0.3, -0.25) is 4.79 Å². The molecule has 1 nitrogen and oxygen atoms in total. The average Bonchev–Trinajstić information content (AvgIpc) is 2.36. The van der Waals surface area contributed by atoms with Crippen LogP contribution in [0.25, 0.3) is 0 Å². The molecule has 0 bridgehead atoms. The first-order valence-corrected chi connectivity index (χ1v) is 10.6. The van der Waals surface area contributed by atoms with Gasteiger partial charge in [0.05, 0.1) is 8.07 Å². The lowest BCUT2D eigenvalue weighted by molar-refractivity contribution is -0.118. The Kier molecular flexibility index (Phi) is 4.84. The number of carbonyl (C=O) groups excluding carboxylic acids is 1. The molecule has 2 rings (SSSR count). The lowest BCUT2D eigenvalue weighted by atomic mass is 9.95. The maximum absolute atomic E-state index is 11.4. The van der Waals surface area contributed by atoms with Crippen molar-refractivity contribution < 1.29 is 4.79 Å². The third kappa shape index (κ3) is 3.67. The molecule has 0 aromatic rings. The van der Waals surface area contributed by atoms with Gasteiger partial charge in [0.2, 0.25) is 0 Å². The van der Waals surface area contributed by atoms with E-state index in [9.17, 15) is 4.79 Å². The van der Waals surface area contributed by atoms with E-state index in [0.29, 0.717) is 5.78 Å². The van der Waals surface area contributed by atoms with E-state index in [1.54, 1.807) is 12.1 Å². The van der Waals surface area contributed by atoms with E-state index in [1.165, 1.54) is 50.6 Å². The van der Waals surface area contributed by atoms with E-state index in [0.717, 1.165) is 18.8 Å². The molecular formula is C15H28OSi. The fraction of sp³-hybridized carbons (Fsp3) is 0.933. The van der Waals surface area contributed by atoms with E-state index >= 15 is 0 Å². The molecule has 2 aliphatic rings. The molecular weight excluding hydrogens is 224 g/mol. The summed E-state index contributed by atoms with van der Waals surface area (Å²) in [6.07, 6.45) is 10.6. The van der Waals surface area contributed by atoms with E-state index < -0.39 is 8.07 Å². The summed E-state index contributed by atoms with van der Waals surface area (Å²) in [6, 6.07) is 5.79. The van der Waals surface area contributed by atoms with Crippen LogP contribution in [-0.2, 0) is 4.79 Å². The first kappa shape index (κ1) is 13.3. The fourth-order valence-electron chi connectivity index (χ4n) is 3.82. The van der Waals surface area contributed by atoms with Crippen molar-refractivity contribution in [2.75, 3.05) is 0 Å². The first-order valence-electron chi connectivity index (χ1n) is 7.76. The number of unbranched alkanes of at least 4 members (excludes halogenated alkanes) is 2. The van der Waals surface area contributed by atoms with Crippen molar-refractivity contribution in [3.05, 3.63) is 0 Å². The maximum atomic E-state index is 11.4. The molecule has 1 spiro atoms. The largest absolute Gasteiger partial charge is 0.300 e. The van der Waals surface area contributed by atoms with E-state index in [1.807, 2.05) is 0 Å². The maximum Gasteiger partial charge on any atom is 0.132 e. The molecule has 98 valence electrons. The highest BCUT2D eigenvalue weighted by molar-refractivity contribution is 6.80. The van der Waals surface area contributed by atoms with Gasteiger partial charge in [0, 0.05) is 12.8 Å². The van der Waals surface area contributed by atoms with Gasteiger partial charge in [0.15, 0.2) is 0 Å². The highest BCUT2D eigenvalue weighted by Gasteiger charge is 2.39. The predicted octanol–water partition coefficient (Wildman–Crippen LogP) is 4.79. The minimum absolute atomic E-state index is 0.549. The molecule has 2 heteroatoms. The second kappa shape index (κ2) is 6.17. The monoisotopic (exact) mass is 252 g/mol. The summed E-state index contributed by atoms with van der Waals surface area (Å²) < 4.78 is 0. The summed E-state index contributed by atoms with van der Waals surface area (Å²) in [7, 11) is -0.922. The summed E-state index contributed by atoms with van der Waals surface area (Å²) in [5.74, 6) is 1.59. The summed E-state index contributed by atoms with van der Waals surface area (Å²) in [5, 5.41) is 0. The zero-order valence-electron chi connectivity index (χ0n) is 11.5. The number of rotatable bonds is 4. The smallest absolute Gasteiger partial charge is 0.132 e. The third-order valence-corrected chi connectivity index (χ3v) is 10.6. The number of hydrogen-bond donors (Lipinski definition) is 0. The van der Waals surface area contributed by atoms with Crippen molar-refractivity contribution in [2.24, 2.45) is 5.92 Å². The van der Waals surface area contributed by atoms with Crippen LogP contribution in [0, 0.1) is 5.92 Å². The van der Waals surface area contributed by atoms with Crippen LogP contribution in [0.4, 0.5) is 0 Å². The molecule has 0 amide bonds. The Morgan fingerprint density at radius 1 is 1.06 bits per heavy atom. The SMILES string of the molecule is CCCCCC1CC[Si]2(CCC(=O)CC2)CC1. The van der Waals surface area contributed by atoms with Crippen molar-refractivity contribution >= 4 is 13.9 Å². The molecule has 2 heterocycles. The molecule has 0 aromatic heterocycles. The van der Waals surface area contributed by atoms with Gasteiger partial charge >= 0.3 is 0 Å². The molecule has 2 saturated heterocycles. The Morgan fingerprint density at radius 3 is 2.29 bits per heavy atom. The van der Waals surface area contributed by atoms with Crippen molar-refractivity contribution in [1.82, 2.24) is 0 Å². The average molecular weight is 252 g/mol. The van der Waals surface area contributed by atoms with Crippen LogP contribution in [0.3, 0.4) is 0 Å². The second-order valence-electron chi connectivity index (χ2n) is 6.48. The number of ketones is 1. The van der Waals surface area contributed by atoms with Crippen molar-refractivity contribution in [3.8, 4) is 0 Å². The molecule has 2 fully saturated rings. The Balaban J connectivity index is 1.72. The summed E-state index contributed by atoms with van der Waals surface area (Å²) in [5.41, 5.74) is 0. The minimum Gasteiger partial charge on any atom is -0.300 e. The predicted molar refractivity (Wildman–Crippen MR) is 76.1 cm³/mol. The van der Waals surface area contributed by atoms with Crippen LogP contribution in [0.15, 0.2) is 0 Å². The Labute approximate surface area is 107 Å². The molecule has 0 unspecified atom stereocenters. The third-order valence-electron chi connectivity index (χ3n) is 5.25. The van der Waals surface area contributed by atoms with E-state index in [2.05, 4.69) is 6.92 Å². The minimum atomic E-state index is -0.922. The molecule has 0 aromatic carbocycles. The van der Waals surface area contributed by atoms with Crippen LogP contribution in [0.5, 0.6) is 0 Å². The summed E-state index contributed by atoms with van der Waals surface area (Å²) >= 11 is 0. The van der Waals surface area contributed by atoms with Gasteiger partial charge in [-0.15, -0.1) is 0 Å². The van der Waals surface area contributed by atoms with Crippen molar-refractivity contribution in [1.29, 1.82) is 0 Å². The highest BCUT2D eigenvalue weighted by atomic mass is 28.3. The normalized spacial score (nSPS) is 25.4. The summed E-state index contributed by atoms with van der Waals surface area (Å²) in [6.45, 7) is 2.29. The van der Waals surface area contributed by atoms with Crippen molar-refractivity contribution in [2.45, 2.75) is 82.5 Å².